The van der Waals surface area contributed by atoms with Crippen molar-refractivity contribution >= 4 is 21.8 Å². The van der Waals surface area contributed by atoms with Gasteiger partial charge in [-0.05, 0) is 42.5 Å². The Labute approximate surface area is 199 Å². The fourth-order valence-corrected chi connectivity index (χ4v) is 7.52. The first-order chi connectivity index (χ1) is 17.1. The highest BCUT2D eigenvalue weighted by Gasteiger charge is 2.67. The maximum absolute atomic E-state index is 6.65. The molecule has 6 aromatic rings. The Hall–Kier alpha value is -4.45. The minimum absolute atomic E-state index is 0.147. The second-order valence-corrected chi connectivity index (χ2v) is 10.6. The average molecular weight is 454 g/mol. The Morgan fingerprint density at radius 3 is 2.57 bits per heavy atom. The number of ether oxygens (including phenoxy) is 1. The van der Waals surface area contributed by atoms with Gasteiger partial charge in [0.1, 0.15) is 28.1 Å². The number of aromatic nitrogens is 5. The fourth-order valence-electron chi connectivity index (χ4n) is 7.52. The molecule has 0 saturated carbocycles. The molecule has 6 heteroatoms. The molecule has 3 aromatic heterocycles. The van der Waals surface area contributed by atoms with Gasteiger partial charge in [0.15, 0.2) is 17.4 Å². The van der Waals surface area contributed by atoms with Crippen LogP contribution in [0.1, 0.15) is 36.1 Å². The summed E-state index contributed by atoms with van der Waals surface area (Å²) in [4.78, 5) is 2.14. The van der Waals surface area contributed by atoms with Gasteiger partial charge in [0.05, 0.1) is 11.8 Å². The van der Waals surface area contributed by atoms with E-state index in [0.29, 0.717) is 0 Å². The highest BCUT2D eigenvalue weighted by atomic mass is 16.5. The first kappa shape index (κ1) is 17.1. The van der Waals surface area contributed by atoms with Crippen LogP contribution in [0.2, 0.25) is 0 Å². The van der Waals surface area contributed by atoms with Crippen molar-refractivity contribution in [3.8, 4) is 23.0 Å². The molecule has 35 heavy (non-hydrogen) atoms. The highest BCUT2D eigenvalue weighted by Crippen LogP contribution is 2.58. The molecule has 0 bridgehead atoms. The van der Waals surface area contributed by atoms with Gasteiger partial charge in [-0.3, -0.25) is 0 Å². The molecule has 0 amide bonds. The van der Waals surface area contributed by atoms with Crippen LogP contribution in [-0.2, 0) is 11.1 Å². The number of para-hydroxylation sites is 1. The average Bonchev–Trinajstić information content (AvgIpc) is 3.56. The Morgan fingerprint density at radius 2 is 1.63 bits per heavy atom. The standard InChI is InChI=1S/C29H19N5O/c1-28(2)18-7-3-6-16-17-11-12-22-24-26(17)33(25(16)18)27-19(28)8-5-14-31(27)29(24)23-20(9-4-10-21(23)35-22)32-15-13-30-34(29)32/h3-15H,1-2H3/q+2. The maximum atomic E-state index is 6.65. The smallest absolute Gasteiger partial charge is 0.327 e. The topological polar surface area (TPSA) is 39.7 Å². The molecule has 7 heterocycles. The summed E-state index contributed by atoms with van der Waals surface area (Å²) < 4.78 is 13.8. The quantitative estimate of drug-likeness (QED) is 0.323. The van der Waals surface area contributed by atoms with Crippen LogP contribution in [-0.4, -0.2) is 14.5 Å². The van der Waals surface area contributed by atoms with Crippen LogP contribution in [0.4, 0.5) is 0 Å². The van der Waals surface area contributed by atoms with Crippen LogP contribution < -0.4 is 14.0 Å². The molecule has 0 radical (unpaired) electrons. The minimum Gasteiger partial charge on any atom is -0.456 e. The Bertz CT molecular complexity index is 2030. The Kier molecular flexibility index (Phi) is 2.36. The number of rotatable bonds is 0. The van der Waals surface area contributed by atoms with Crippen LogP contribution >= 0.6 is 0 Å². The summed E-state index contributed by atoms with van der Waals surface area (Å²) in [6, 6.07) is 22.0. The van der Waals surface area contributed by atoms with Crippen LogP contribution in [0.5, 0.6) is 11.5 Å². The molecule has 164 valence electrons. The first-order valence-electron chi connectivity index (χ1n) is 12.1. The number of benzene rings is 3. The third-order valence-corrected chi connectivity index (χ3v) is 8.83. The van der Waals surface area contributed by atoms with E-state index < -0.39 is 5.66 Å². The van der Waals surface area contributed by atoms with Crippen molar-refractivity contribution in [1.29, 1.82) is 0 Å². The minimum atomic E-state index is -0.675. The van der Waals surface area contributed by atoms with E-state index in [1.165, 1.54) is 38.8 Å². The van der Waals surface area contributed by atoms with Crippen molar-refractivity contribution in [1.82, 2.24) is 14.5 Å². The van der Waals surface area contributed by atoms with E-state index in [0.717, 1.165) is 28.3 Å². The van der Waals surface area contributed by atoms with E-state index in [1.54, 1.807) is 0 Å². The van der Waals surface area contributed by atoms with Crippen molar-refractivity contribution in [2.75, 3.05) is 0 Å². The van der Waals surface area contributed by atoms with E-state index in [1.807, 2.05) is 12.4 Å². The molecule has 0 saturated heterocycles. The van der Waals surface area contributed by atoms with Crippen molar-refractivity contribution in [3.05, 3.63) is 102 Å². The molecule has 3 aromatic carbocycles. The summed E-state index contributed by atoms with van der Waals surface area (Å²) >= 11 is 0. The molecule has 1 unspecified atom stereocenters. The summed E-state index contributed by atoms with van der Waals surface area (Å²) in [7, 11) is 0. The maximum Gasteiger partial charge on any atom is 0.327 e. The van der Waals surface area contributed by atoms with Crippen molar-refractivity contribution in [3.63, 3.8) is 0 Å². The zero-order valence-electron chi connectivity index (χ0n) is 19.1. The van der Waals surface area contributed by atoms with Gasteiger partial charge in [-0.25, -0.2) is 0 Å². The second-order valence-electron chi connectivity index (χ2n) is 10.6. The van der Waals surface area contributed by atoms with E-state index in [2.05, 4.69) is 99.3 Å². The predicted octanol–water partition coefficient (Wildman–Crippen LogP) is 4.21. The number of nitrogens with zero attached hydrogens (tertiary/aromatic N) is 5. The Morgan fingerprint density at radius 1 is 0.800 bits per heavy atom. The summed E-state index contributed by atoms with van der Waals surface area (Å²) in [6.07, 6.45) is 6.16. The monoisotopic (exact) mass is 453 g/mol. The Balaban J connectivity index is 1.60. The van der Waals surface area contributed by atoms with Crippen molar-refractivity contribution in [2.24, 2.45) is 0 Å². The fraction of sp³-hybridized carbons (Fsp3) is 0.138. The molecule has 4 aliphatic rings. The number of fused-ring (bicyclic) bond motifs is 3. The molecule has 6 nitrogen and oxygen atoms in total. The van der Waals surface area contributed by atoms with Crippen molar-refractivity contribution < 1.29 is 14.0 Å². The van der Waals surface area contributed by atoms with E-state index >= 15 is 0 Å². The van der Waals surface area contributed by atoms with Gasteiger partial charge in [0.2, 0.25) is 6.20 Å². The molecule has 0 N–H and O–H groups in total. The van der Waals surface area contributed by atoms with Gasteiger partial charge in [0.25, 0.3) is 5.82 Å². The van der Waals surface area contributed by atoms with Gasteiger partial charge in [-0.2, -0.15) is 9.13 Å². The summed E-state index contributed by atoms with van der Waals surface area (Å²) in [5, 5.41) is 7.49. The molecule has 4 aliphatic heterocycles. The molecule has 10 rings (SSSR count). The van der Waals surface area contributed by atoms with Crippen LogP contribution in [0.3, 0.4) is 0 Å². The van der Waals surface area contributed by atoms with Crippen LogP contribution in [0, 0.1) is 0 Å². The SMILES string of the molecule is CC1(C)c2ccc[n+]3c2-n2c4c1cccc4c1ccc4c(c12)C31c2c(cccc2-[n+]2ccnn21)O4. The first-order valence-corrected chi connectivity index (χ1v) is 12.1. The molecule has 0 fully saturated rings. The highest BCUT2D eigenvalue weighted by molar-refractivity contribution is 6.13. The van der Waals surface area contributed by atoms with E-state index in [-0.39, 0.29) is 5.41 Å². The lowest BCUT2D eigenvalue weighted by molar-refractivity contribution is -0.797. The molecule has 1 spiro atoms. The summed E-state index contributed by atoms with van der Waals surface area (Å²) in [6.45, 7) is 4.70. The summed E-state index contributed by atoms with van der Waals surface area (Å²) in [5.74, 6) is 2.99. The zero-order valence-corrected chi connectivity index (χ0v) is 19.1. The zero-order chi connectivity index (χ0) is 22.8. The lowest BCUT2D eigenvalue weighted by Crippen LogP contribution is -2.68. The molecule has 1 atom stereocenters. The van der Waals surface area contributed by atoms with Crippen LogP contribution in [0.25, 0.3) is 33.3 Å². The lowest BCUT2D eigenvalue weighted by atomic mass is 9.75. The number of hydrogen-bond donors (Lipinski definition) is 0. The number of pyridine rings is 1. The lowest BCUT2D eigenvalue weighted by Gasteiger charge is -2.38. The number of hydrogen-bond acceptors (Lipinski definition) is 2. The van der Waals surface area contributed by atoms with Gasteiger partial charge in [-0.1, -0.05) is 32.0 Å². The van der Waals surface area contributed by atoms with E-state index in [4.69, 9.17) is 9.84 Å². The molecular weight excluding hydrogens is 434 g/mol. The van der Waals surface area contributed by atoms with Gasteiger partial charge in [-0.15, -0.1) is 4.68 Å². The third-order valence-electron chi connectivity index (χ3n) is 8.83. The normalized spacial score (nSPS) is 20.3. The molecule has 0 aliphatic carbocycles. The van der Waals surface area contributed by atoms with Gasteiger partial charge >= 0.3 is 5.66 Å². The van der Waals surface area contributed by atoms with Gasteiger partial charge < -0.3 is 4.74 Å². The second kappa shape index (κ2) is 4.84. The largest absolute Gasteiger partial charge is 0.456 e. The summed E-state index contributed by atoms with van der Waals surface area (Å²) in [5.41, 5.74) is 7.78. The van der Waals surface area contributed by atoms with Gasteiger partial charge in [0, 0.05) is 31.6 Å². The third kappa shape index (κ3) is 1.45. The van der Waals surface area contributed by atoms with E-state index in [9.17, 15) is 0 Å². The van der Waals surface area contributed by atoms with Crippen molar-refractivity contribution in [2.45, 2.75) is 24.9 Å². The van der Waals surface area contributed by atoms with Crippen LogP contribution in [0.15, 0.2) is 79.3 Å². The predicted molar refractivity (Wildman–Crippen MR) is 129 cm³/mol. The molecular formula is C29H19N5O+2.